The Bertz CT molecular complexity index is 447. The van der Waals surface area contributed by atoms with Crippen LogP contribution in [0.1, 0.15) is 31.0 Å². The number of hydrogen-bond donors (Lipinski definition) is 2. The molecule has 2 N–H and O–H groups in total. The summed E-state index contributed by atoms with van der Waals surface area (Å²) in [6.45, 7) is 2.97. The van der Waals surface area contributed by atoms with Crippen LogP contribution in [0.2, 0.25) is 0 Å². The van der Waals surface area contributed by atoms with Crippen LogP contribution >= 0.6 is 0 Å². The van der Waals surface area contributed by atoms with E-state index in [9.17, 15) is 13.6 Å². The number of carbonyl (C=O) groups is 1. The van der Waals surface area contributed by atoms with Crippen molar-refractivity contribution in [3.63, 3.8) is 0 Å². The zero-order valence-corrected chi connectivity index (χ0v) is 10.2. The van der Waals surface area contributed by atoms with Crippen molar-refractivity contribution in [1.82, 2.24) is 15.6 Å². The van der Waals surface area contributed by atoms with Crippen molar-refractivity contribution in [3.05, 3.63) is 17.8 Å². The number of nitrogens with zero attached hydrogens (tertiary/aromatic N) is 1. The van der Waals surface area contributed by atoms with E-state index in [1.807, 2.05) is 0 Å². The summed E-state index contributed by atoms with van der Waals surface area (Å²) in [6.07, 6.45) is 1.07. The summed E-state index contributed by atoms with van der Waals surface area (Å²) >= 11 is 0. The fraction of sp³-hybridized carbons (Fsp3) is 0.636. The second kappa shape index (κ2) is 4.64. The number of hydrogen-bond acceptors (Lipinski definition) is 4. The highest BCUT2D eigenvalue weighted by molar-refractivity contribution is 5.82. The van der Waals surface area contributed by atoms with Gasteiger partial charge in [0, 0.05) is 6.42 Å². The number of nitrogens with one attached hydrogen (secondary N) is 2. The molecule has 1 aliphatic heterocycles. The fourth-order valence-corrected chi connectivity index (χ4v) is 1.85. The molecule has 2 heterocycles. The maximum atomic E-state index is 12.9. The largest absolute Gasteiger partial charge is 0.444 e. The summed E-state index contributed by atoms with van der Waals surface area (Å²) in [4.78, 5) is 15.7. The molecule has 0 spiro atoms. The molecule has 0 saturated carbocycles. The number of carbonyl (C=O) groups excluding carboxylic acids is 1. The SMILES string of the molecule is Cc1cnc(C(C)NC(=O)C2CC(F)(F)CN2)o1. The van der Waals surface area contributed by atoms with E-state index in [1.165, 1.54) is 0 Å². The van der Waals surface area contributed by atoms with Gasteiger partial charge in [-0.05, 0) is 13.8 Å². The van der Waals surface area contributed by atoms with E-state index in [0.29, 0.717) is 11.7 Å². The summed E-state index contributed by atoms with van der Waals surface area (Å²) in [5.74, 6) is -2.28. The van der Waals surface area contributed by atoms with Crippen molar-refractivity contribution in [2.24, 2.45) is 0 Å². The molecule has 1 aliphatic rings. The molecule has 100 valence electrons. The molecule has 2 atom stereocenters. The molecule has 1 amide bonds. The van der Waals surface area contributed by atoms with E-state index in [-0.39, 0.29) is 0 Å². The van der Waals surface area contributed by atoms with Crippen LogP contribution in [0.3, 0.4) is 0 Å². The van der Waals surface area contributed by atoms with Crippen LogP contribution in [0.4, 0.5) is 8.78 Å². The third-order valence-corrected chi connectivity index (χ3v) is 2.79. The fourth-order valence-electron chi connectivity index (χ4n) is 1.85. The maximum absolute atomic E-state index is 12.9. The third kappa shape index (κ3) is 2.84. The van der Waals surface area contributed by atoms with Gasteiger partial charge in [-0.2, -0.15) is 0 Å². The quantitative estimate of drug-likeness (QED) is 0.854. The second-order valence-corrected chi connectivity index (χ2v) is 4.53. The van der Waals surface area contributed by atoms with E-state index in [1.54, 1.807) is 20.0 Å². The Morgan fingerprint density at radius 2 is 2.44 bits per heavy atom. The van der Waals surface area contributed by atoms with Gasteiger partial charge in [0.25, 0.3) is 5.92 Å². The highest BCUT2D eigenvalue weighted by atomic mass is 19.3. The predicted molar refractivity (Wildman–Crippen MR) is 59.2 cm³/mol. The number of halogens is 2. The minimum absolute atomic E-state index is 0.366. The Morgan fingerprint density at radius 3 is 2.94 bits per heavy atom. The normalized spacial score (nSPS) is 23.9. The van der Waals surface area contributed by atoms with Crippen molar-refractivity contribution >= 4 is 5.91 Å². The van der Waals surface area contributed by atoms with E-state index in [2.05, 4.69) is 15.6 Å². The second-order valence-electron chi connectivity index (χ2n) is 4.53. The molecule has 0 aliphatic carbocycles. The zero-order chi connectivity index (χ0) is 13.3. The molecule has 7 heteroatoms. The van der Waals surface area contributed by atoms with E-state index in [0.717, 1.165) is 0 Å². The molecule has 0 radical (unpaired) electrons. The summed E-state index contributed by atoms with van der Waals surface area (Å²) in [7, 11) is 0. The third-order valence-electron chi connectivity index (χ3n) is 2.79. The van der Waals surface area contributed by atoms with Crippen molar-refractivity contribution < 1.29 is 18.0 Å². The number of amides is 1. The molecular weight excluding hydrogens is 244 g/mol. The minimum atomic E-state index is -2.81. The highest BCUT2D eigenvalue weighted by Gasteiger charge is 2.42. The molecule has 1 aromatic heterocycles. The van der Waals surface area contributed by atoms with Crippen molar-refractivity contribution in [2.75, 3.05) is 6.54 Å². The summed E-state index contributed by atoms with van der Waals surface area (Å²) in [6, 6.07) is -1.30. The minimum Gasteiger partial charge on any atom is -0.444 e. The van der Waals surface area contributed by atoms with Crippen LogP contribution in [-0.4, -0.2) is 29.4 Å². The van der Waals surface area contributed by atoms with E-state index < -0.39 is 36.9 Å². The maximum Gasteiger partial charge on any atom is 0.262 e. The lowest BCUT2D eigenvalue weighted by molar-refractivity contribution is -0.124. The van der Waals surface area contributed by atoms with Gasteiger partial charge in [-0.1, -0.05) is 0 Å². The molecule has 5 nitrogen and oxygen atoms in total. The number of rotatable bonds is 3. The van der Waals surface area contributed by atoms with E-state index in [4.69, 9.17) is 4.42 Å². The molecule has 1 fully saturated rings. The lowest BCUT2D eigenvalue weighted by atomic mass is 10.1. The average Bonchev–Trinajstić information content (AvgIpc) is 2.84. The van der Waals surface area contributed by atoms with Gasteiger partial charge >= 0.3 is 0 Å². The van der Waals surface area contributed by atoms with Gasteiger partial charge < -0.3 is 9.73 Å². The molecule has 2 rings (SSSR count). The van der Waals surface area contributed by atoms with Crippen molar-refractivity contribution in [2.45, 2.75) is 38.3 Å². The summed E-state index contributed by atoms with van der Waals surface area (Å²) in [5.41, 5.74) is 0. The summed E-state index contributed by atoms with van der Waals surface area (Å²) < 4.78 is 31.1. The molecule has 0 bridgehead atoms. The number of alkyl halides is 2. The first kappa shape index (κ1) is 12.9. The molecule has 1 saturated heterocycles. The zero-order valence-electron chi connectivity index (χ0n) is 10.2. The first-order valence-electron chi connectivity index (χ1n) is 5.71. The van der Waals surface area contributed by atoms with Gasteiger partial charge in [-0.15, -0.1) is 0 Å². The highest BCUT2D eigenvalue weighted by Crippen LogP contribution is 2.25. The molecule has 0 aromatic carbocycles. The van der Waals surface area contributed by atoms with Crippen LogP contribution in [0, 0.1) is 6.92 Å². The molecular formula is C11H15F2N3O2. The first-order chi connectivity index (χ1) is 8.37. The molecule has 2 unspecified atom stereocenters. The van der Waals surface area contributed by atoms with Gasteiger partial charge in [0.15, 0.2) is 0 Å². The van der Waals surface area contributed by atoms with Gasteiger partial charge in [0.05, 0.1) is 18.8 Å². The molecule has 1 aromatic rings. The lowest BCUT2D eigenvalue weighted by Crippen LogP contribution is -2.41. The lowest BCUT2D eigenvalue weighted by Gasteiger charge is -2.14. The Labute approximate surface area is 103 Å². The van der Waals surface area contributed by atoms with Gasteiger partial charge in [-0.3, -0.25) is 10.1 Å². The number of oxazole rings is 1. The van der Waals surface area contributed by atoms with Crippen LogP contribution in [-0.2, 0) is 4.79 Å². The van der Waals surface area contributed by atoms with Crippen LogP contribution in [0.5, 0.6) is 0 Å². The van der Waals surface area contributed by atoms with Gasteiger partial charge in [-0.25, -0.2) is 13.8 Å². The average molecular weight is 259 g/mol. The van der Waals surface area contributed by atoms with Crippen molar-refractivity contribution in [1.29, 1.82) is 0 Å². The number of aromatic nitrogens is 1. The Hall–Kier alpha value is -1.50. The standard InChI is InChI=1S/C11H15F2N3O2/c1-6-4-14-10(18-6)7(2)16-9(17)8-3-11(12,13)5-15-8/h4,7-8,15H,3,5H2,1-2H3,(H,16,17). The Balaban J connectivity index is 1.92. The molecule has 18 heavy (non-hydrogen) atoms. The first-order valence-corrected chi connectivity index (χ1v) is 5.71. The Morgan fingerprint density at radius 1 is 1.72 bits per heavy atom. The predicted octanol–water partition coefficient (Wildman–Crippen LogP) is 1.16. The van der Waals surface area contributed by atoms with Gasteiger partial charge in [0.2, 0.25) is 11.8 Å². The van der Waals surface area contributed by atoms with Crippen LogP contribution in [0.25, 0.3) is 0 Å². The smallest absolute Gasteiger partial charge is 0.262 e. The van der Waals surface area contributed by atoms with Crippen LogP contribution < -0.4 is 10.6 Å². The monoisotopic (exact) mass is 259 g/mol. The Kier molecular flexibility index (Phi) is 3.34. The van der Waals surface area contributed by atoms with Crippen molar-refractivity contribution in [3.8, 4) is 0 Å². The summed E-state index contributed by atoms with van der Waals surface area (Å²) in [5, 5.41) is 5.09. The number of aryl methyl sites for hydroxylation is 1. The van der Waals surface area contributed by atoms with Crippen LogP contribution in [0.15, 0.2) is 10.6 Å². The van der Waals surface area contributed by atoms with Gasteiger partial charge in [0.1, 0.15) is 11.8 Å². The van der Waals surface area contributed by atoms with E-state index >= 15 is 0 Å². The topological polar surface area (TPSA) is 67.2 Å².